The Bertz CT molecular complexity index is 1210. The minimum atomic E-state index is -0.739. The van der Waals surface area contributed by atoms with Crippen molar-refractivity contribution in [2.45, 2.75) is 19.9 Å². The topological polar surface area (TPSA) is 91.4 Å². The van der Waals surface area contributed by atoms with Crippen molar-refractivity contribution in [3.8, 4) is 5.75 Å². The van der Waals surface area contributed by atoms with Gasteiger partial charge in [0, 0.05) is 56.1 Å². The summed E-state index contributed by atoms with van der Waals surface area (Å²) in [4.78, 5) is 44.8. The van der Waals surface area contributed by atoms with Gasteiger partial charge in [0.1, 0.15) is 11.6 Å². The van der Waals surface area contributed by atoms with Crippen LogP contribution in [0.3, 0.4) is 0 Å². The fraction of sp³-hybridized carbons (Fsp3) is 0.393. The molecule has 0 aliphatic carbocycles. The summed E-state index contributed by atoms with van der Waals surface area (Å²) in [5.41, 5.74) is 2.04. The fourth-order valence-corrected chi connectivity index (χ4v) is 4.89. The van der Waals surface area contributed by atoms with Crippen molar-refractivity contribution < 1.29 is 28.2 Å². The van der Waals surface area contributed by atoms with Gasteiger partial charge in [-0.2, -0.15) is 0 Å². The minimum absolute atomic E-state index is 0.153. The first-order valence-electron chi connectivity index (χ1n) is 12.8. The number of nitrogens with zero attached hydrogens (tertiary/aromatic N) is 3. The minimum Gasteiger partial charge on any atom is -0.496 e. The molecule has 0 bridgehead atoms. The molecule has 1 saturated heterocycles. The van der Waals surface area contributed by atoms with Crippen LogP contribution >= 0.6 is 0 Å². The van der Waals surface area contributed by atoms with E-state index in [1.54, 1.807) is 29.9 Å². The van der Waals surface area contributed by atoms with E-state index in [2.05, 4.69) is 10.2 Å². The Morgan fingerprint density at radius 1 is 1.03 bits per heavy atom. The normalized spacial score (nSPS) is 18.3. The van der Waals surface area contributed by atoms with Crippen LogP contribution in [0.1, 0.15) is 35.8 Å². The fourth-order valence-electron chi connectivity index (χ4n) is 4.89. The zero-order valence-corrected chi connectivity index (χ0v) is 21.9. The number of methoxy groups -OCH3 is 1. The van der Waals surface area contributed by atoms with Crippen LogP contribution in [0.5, 0.6) is 5.75 Å². The van der Waals surface area contributed by atoms with E-state index in [-0.39, 0.29) is 24.4 Å². The van der Waals surface area contributed by atoms with Crippen LogP contribution in [0.2, 0.25) is 0 Å². The third-order valence-corrected chi connectivity index (χ3v) is 6.82. The Hall–Kier alpha value is -3.92. The second-order valence-corrected chi connectivity index (χ2v) is 9.02. The number of rotatable bonds is 8. The van der Waals surface area contributed by atoms with Crippen LogP contribution < -0.4 is 10.1 Å². The van der Waals surface area contributed by atoms with Crippen molar-refractivity contribution in [1.29, 1.82) is 0 Å². The van der Waals surface area contributed by atoms with Crippen molar-refractivity contribution in [2.24, 2.45) is 0 Å². The lowest BCUT2D eigenvalue weighted by molar-refractivity contribution is -0.139. The number of piperazine rings is 1. The molecule has 1 fully saturated rings. The molecule has 3 amide bonds. The Balaban J connectivity index is 1.61. The number of likely N-dealkylation sites (N-methyl/N-ethyl adjacent to an activating group) is 1. The van der Waals surface area contributed by atoms with Gasteiger partial charge < -0.3 is 19.7 Å². The largest absolute Gasteiger partial charge is 0.496 e. The molecule has 1 N–H and O–H groups in total. The molecule has 2 aliphatic heterocycles. The van der Waals surface area contributed by atoms with Crippen LogP contribution in [0.15, 0.2) is 59.8 Å². The highest BCUT2D eigenvalue weighted by Crippen LogP contribution is 2.36. The highest BCUT2D eigenvalue weighted by molar-refractivity contribution is 5.96. The number of ether oxygens (including phenoxy) is 2. The van der Waals surface area contributed by atoms with Gasteiger partial charge in [-0.15, -0.1) is 0 Å². The molecule has 2 aromatic rings. The zero-order chi connectivity index (χ0) is 27.2. The Morgan fingerprint density at radius 2 is 1.71 bits per heavy atom. The van der Waals surface area contributed by atoms with Gasteiger partial charge in [-0.1, -0.05) is 18.2 Å². The summed E-state index contributed by atoms with van der Waals surface area (Å²) in [6.07, 6.45) is 0. The van der Waals surface area contributed by atoms with Gasteiger partial charge in [-0.3, -0.25) is 14.6 Å². The number of carbonyl (C=O) groups is 3. The third-order valence-electron chi connectivity index (χ3n) is 6.82. The third kappa shape index (κ3) is 5.65. The molecule has 38 heavy (non-hydrogen) atoms. The number of halogens is 1. The SMILES string of the molecule is CCOC(=O)C1=C(CN2CCN(C(=O)c3ccc(F)cc3)CC2)N(CC)C(=O)NC1c1ccccc1OC. The van der Waals surface area contributed by atoms with Gasteiger partial charge >= 0.3 is 12.0 Å². The predicted molar refractivity (Wildman–Crippen MR) is 139 cm³/mol. The molecule has 2 aliphatic rings. The highest BCUT2D eigenvalue weighted by atomic mass is 19.1. The standard InChI is InChI=1S/C28H33FN4O5/c1-4-33-22(18-31-14-16-32(17-15-31)26(34)19-10-12-20(29)13-11-19)24(27(35)38-5-2)25(30-28(33)36)21-8-6-7-9-23(21)37-3/h6-13,25H,4-5,14-18H2,1-3H3,(H,30,36). The second-order valence-electron chi connectivity index (χ2n) is 9.02. The molecule has 2 heterocycles. The monoisotopic (exact) mass is 524 g/mol. The number of nitrogens with one attached hydrogen (secondary N) is 1. The molecule has 202 valence electrons. The van der Waals surface area contributed by atoms with Crippen molar-refractivity contribution in [2.75, 3.05) is 53.0 Å². The first-order chi connectivity index (χ1) is 18.4. The van der Waals surface area contributed by atoms with E-state index in [1.807, 2.05) is 25.1 Å². The molecule has 4 rings (SSSR count). The number of hydrogen-bond donors (Lipinski definition) is 1. The maximum Gasteiger partial charge on any atom is 0.338 e. The van der Waals surface area contributed by atoms with Gasteiger partial charge in [0.2, 0.25) is 0 Å². The summed E-state index contributed by atoms with van der Waals surface area (Å²) in [6, 6.07) is 11.7. The van der Waals surface area contributed by atoms with Gasteiger partial charge in [-0.25, -0.2) is 14.0 Å². The maximum atomic E-state index is 13.3. The number of amides is 3. The van der Waals surface area contributed by atoms with Crippen molar-refractivity contribution in [3.05, 3.63) is 76.7 Å². The lowest BCUT2D eigenvalue weighted by Gasteiger charge is -2.40. The lowest BCUT2D eigenvalue weighted by atomic mass is 9.93. The molecule has 0 aromatic heterocycles. The van der Waals surface area contributed by atoms with Crippen molar-refractivity contribution in [3.63, 3.8) is 0 Å². The van der Waals surface area contributed by atoms with Crippen LogP contribution in [-0.4, -0.2) is 85.6 Å². The number of hydrogen-bond acceptors (Lipinski definition) is 6. The van der Waals surface area contributed by atoms with Crippen molar-refractivity contribution in [1.82, 2.24) is 20.0 Å². The summed E-state index contributed by atoms with van der Waals surface area (Å²) in [5, 5.41) is 2.96. The van der Waals surface area contributed by atoms with Gasteiger partial charge in [-0.05, 0) is 44.2 Å². The van der Waals surface area contributed by atoms with E-state index >= 15 is 0 Å². The first kappa shape index (κ1) is 27.1. The van der Waals surface area contributed by atoms with E-state index < -0.39 is 12.0 Å². The predicted octanol–water partition coefficient (Wildman–Crippen LogP) is 3.20. The Kier molecular flexibility index (Phi) is 8.62. The number of para-hydroxylation sites is 1. The first-order valence-corrected chi connectivity index (χ1v) is 12.8. The second kappa shape index (κ2) is 12.1. The van der Waals surface area contributed by atoms with Crippen LogP contribution in [0, 0.1) is 5.82 Å². The summed E-state index contributed by atoms with van der Waals surface area (Å²) < 4.78 is 24.2. The number of esters is 1. The van der Waals surface area contributed by atoms with E-state index in [4.69, 9.17) is 9.47 Å². The molecule has 0 radical (unpaired) electrons. The molecule has 9 nitrogen and oxygen atoms in total. The van der Waals surface area contributed by atoms with Gasteiger partial charge in [0.15, 0.2) is 0 Å². The van der Waals surface area contributed by atoms with Crippen LogP contribution in [0.25, 0.3) is 0 Å². The van der Waals surface area contributed by atoms with E-state index in [0.29, 0.717) is 67.4 Å². The van der Waals surface area contributed by atoms with Gasteiger partial charge in [0.05, 0.1) is 25.3 Å². The Labute approximate surface area is 221 Å². The molecule has 1 unspecified atom stereocenters. The Morgan fingerprint density at radius 3 is 2.34 bits per heavy atom. The molecule has 0 spiro atoms. The average molecular weight is 525 g/mol. The average Bonchev–Trinajstić information content (AvgIpc) is 2.93. The molecule has 2 aromatic carbocycles. The maximum absolute atomic E-state index is 13.3. The highest BCUT2D eigenvalue weighted by Gasteiger charge is 2.39. The smallest absolute Gasteiger partial charge is 0.338 e. The molecule has 0 saturated carbocycles. The summed E-state index contributed by atoms with van der Waals surface area (Å²) in [6.45, 7) is 6.51. The zero-order valence-electron chi connectivity index (χ0n) is 21.9. The summed E-state index contributed by atoms with van der Waals surface area (Å²) in [5.74, 6) is -0.487. The van der Waals surface area contributed by atoms with Crippen molar-refractivity contribution >= 4 is 17.9 Å². The summed E-state index contributed by atoms with van der Waals surface area (Å²) in [7, 11) is 1.54. The molecular weight excluding hydrogens is 491 g/mol. The molecular formula is C28H33FN4O5. The molecule has 1 atom stereocenters. The van der Waals surface area contributed by atoms with Crippen LogP contribution in [0.4, 0.5) is 9.18 Å². The van der Waals surface area contributed by atoms with Crippen LogP contribution in [-0.2, 0) is 9.53 Å². The summed E-state index contributed by atoms with van der Waals surface area (Å²) >= 11 is 0. The number of urea groups is 1. The number of carbonyl (C=O) groups excluding carboxylic acids is 3. The molecule has 10 heteroatoms. The number of benzene rings is 2. The lowest BCUT2D eigenvalue weighted by Crippen LogP contribution is -2.53. The van der Waals surface area contributed by atoms with Gasteiger partial charge in [0.25, 0.3) is 5.91 Å². The van der Waals surface area contributed by atoms with E-state index in [9.17, 15) is 18.8 Å². The van der Waals surface area contributed by atoms with E-state index in [0.717, 1.165) is 0 Å². The quantitative estimate of drug-likeness (QED) is 0.534. The van der Waals surface area contributed by atoms with E-state index in [1.165, 1.54) is 24.3 Å².